The summed E-state index contributed by atoms with van der Waals surface area (Å²) in [5.41, 5.74) is 14.0. The molecule has 418 valence electrons. The highest BCUT2D eigenvalue weighted by Crippen LogP contribution is 2.47. The summed E-state index contributed by atoms with van der Waals surface area (Å²) in [6, 6.07) is 51.4. The summed E-state index contributed by atoms with van der Waals surface area (Å²) in [5, 5.41) is 6.06. The van der Waals surface area contributed by atoms with Gasteiger partial charge in [-0.1, -0.05) is 184 Å². The molecule has 0 aromatic heterocycles. The Kier molecular flexibility index (Phi) is 21.0. The molecule has 0 saturated carbocycles. The van der Waals surface area contributed by atoms with E-state index in [-0.39, 0.29) is 69.2 Å². The van der Waals surface area contributed by atoms with Crippen LogP contribution in [0.15, 0.2) is 169 Å². The number of ether oxygens (including phenoxy) is 9. The predicted octanol–water partition coefficient (Wildman–Crippen LogP) is 12.6. The molecule has 16 heteroatoms. The molecule has 0 bridgehead atoms. The number of Topliss-reactive ketones (excluding diaryl/α,β-unsaturated/α-hetero) is 1. The molecule has 0 radical (unpaired) electrons. The minimum Gasteiger partial charge on any atom is -0.483 e. The molecule has 2 aliphatic rings. The van der Waals surface area contributed by atoms with Crippen molar-refractivity contribution in [1.29, 1.82) is 0 Å². The van der Waals surface area contributed by atoms with Gasteiger partial charge in [0, 0.05) is 11.3 Å². The van der Waals surface area contributed by atoms with E-state index in [1.165, 1.54) is 6.92 Å². The van der Waals surface area contributed by atoms with E-state index in [1.807, 2.05) is 164 Å². The largest absolute Gasteiger partial charge is 0.483 e. The van der Waals surface area contributed by atoms with Crippen LogP contribution >= 0.6 is 0 Å². The fourth-order valence-corrected chi connectivity index (χ4v) is 12.2. The van der Waals surface area contributed by atoms with Gasteiger partial charge < -0.3 is 51.9 Å². The summed E-state index contributed by atoms with van der Waals surface area (Å²) < 4.78 is 69.3. The van der Waals surface area contributed by atoms with Crippen LogP contribution in [0, 0.1) is 5.92 Å². The van der Waals surface area contributed by atoms with Gasteiger partial charge in [0.05, 0.1) is 46.1 Å². The van der Waals surface area contributed by atoms with Crippen LogP contribution in [0.3, 0.4) is 0 Å². The zero-order valence-corrected chi connectivity index (χ0v) is 47.3. The highest BCUT2D eigenvalue weighted by Gasteiger charge is 2.57. The van der Waals surface area contributed by atoms with Crippen molar-refractivity contribution in [2.75, 3.05) is 13.2 Å². The number of azide groups is 1. The maximum absolute atomic E-state index is 14.3. The summed E-state index contributed by atoms with van der Waals surface area (Å²) >= 11 is 0. The summed E-state index contributed by atoms with van der Waals surface area (Å²) in [7, 11) is -2.74. The number of hydrogen-bond donors (Lipinski definition) is 0. The SMILES string of the molecule is CC(=O)CCC(=O)O[C@H]1[C@H](O[C@H]2[C@H](OCc3ccccc3)[C@@H](N=[N+]=[N-])[C@H](O[Si](C)(C)C(C)(C)C(C)C)O[C@@H]2COCc2ccccc2)O[C@H](COCc2ccccc2)[C@H](OCc2ccccc2)[C@@H]1Oc1ccc2ccccc2c1. The van der Waals surface area contributed by atoms with Crippen LogP contribution in [0.25, 0.3) is 21.2 Å². The number of rotatable bonds is 27. The van der Waals surface area contributed by atoms with Gasteiger partial charge >= 0.3 is 5.97 Å². The van der Waals surface area contributed by atoms with Crippen molar-refractivity contribution < 1.29 is 56.6 Å². The normalized spacial score (nSPS) is 23.4. The van der Waals surface area contributed by atoms with Gasteiger partial charge in [0.25, 0.3) is 0 Å². The highest BCUT2D eigenvalue weighted by atomic mass is 28.4. The lowest BCUT2D eigenvalue weighted by Crippen LogP contribution is -2.67. The van der Waals surface area contributed by atoms with Crippen LogP contribution in [-0.2, 0) is 78.3 Å². The average Bonchev–Trinajstić information content (AvgIpc) is 3.46. The minimum atomic E-state index is -2.74. The van der Waals surface area contributed by atoms with E-state index in [1.54, 1.807) is 0 Å². The molecular formula is C63H75N3O12Si. The lowest BCUT2D eigenvalue weighted by atomic mass is 9.95. The topological polar surface area (TPSA) is 175 Å². The maximum Gasteiger partial charge on any atom is 0.306 e. The lowest BCUT2D eigenvalue weighted by molar-refractivity contribution is -0.350. The fraction of sp³-hybridized carbons (Fsp3) is 0.429. The van der Waals surface area contributed by atoms with E-state index in [0.717, 1.165) is 33.0 Å². The summed E-state index contributed by atoms with van der Waals surface area (Å²) in [6.45, 7) is 15.1. The zero-order valence-electron chi connectivity index (χ0n) is 46.3. The molecular weight excluding hydrogens is 1020 g/mol. The average molecular weight is 1090 g/mol. The van der Waals surface area contributed by atoms with Crippen LogP contribution < -0.4 is 4.74 Å². The van der Waals surface area contributed by atoms with Gasteiger partial charge in [-0.2, -0.15) is 0 Å². The van der Waals surface area contributed by atoms with Gasteiger partial charge in [0.1, 0.15) is 48.1 Å². The van der Waals surface area contributed by atoms with Crippen LogP contribution in [-0.4, -0.2) is 94.6 Å². The first-order valence-electron chi connectivity index (χ1n) is 27.3. The van der Waals surface area contributed by atoms with E-state index in [9.17, 15) is 15.1 Å². The molecule has 2 saturated heterocycles. The van der Waals surface area contributed by atoms with Gasteiger partial charge in [0.15, 0.2) is 33.1 Å². The van der Waals surface area contributed by atoms with Gasteiger partial charge in [-0.05, 0) is 81.7 Å². The number of esters is 1. The molecule has 0 unspecified atom stereocenters. The first-order chi connectivity index (χ1) is 38.2. The molecule has 6 aromatic rings. The van der Waals surface area contributed by atoms with E-state index in [0.29, 0.717) is 5.75 Å². The molecule has 2 heterocycles. The molecule has 8 rings (SSSR count). The minimum absolute atomic E-state index is 0.0158. The molecule has 0 N–H and O–H groups in total. The molecule has 0 aliphatic carbocycles. The second-order valence-electron chi connectivity index (χ2n) is 21.7. The number of carbonyl (C=O) groups excluding carboxylic acids is 2. The molecule has 15 nitrogen and oxygen atoms in total. The third-order valence-corrected chi connectivity index (χ3v) is 19.9. The molecule has 10 atom stereocenters. The number of benzene rings is 6. The van der Waals surface area contributed by atoms with Gasteiger partial charge in [-0.15, -0.1) is 0 Å². The van der Waals surface area contributed by atoms with Crippen LogP contribution in [0.5, 0.6) is 5.75 Å². The van der Waals surface area contributed by atoms with Crippen molar-refractivity contribution in [3.8, 4) is 5.75 Å². The van der Waals surface area contributed by atoms with E-state index in [4.69, 9.17) is 47.1 Å². The third kappa shape index (κ3) is 16.0. The maximum atomic E-state index is 14.3. The van der Waals surface area contributed by atoms with Crippen molar-refractivity contribution in [1.82, 2.24) is 0 Å². The Balaban J connectivity index is 1.25. The molecule has 79 heavy (non-hydrogen) atoms. The Hall–Kier alpha value is -6.27. The second kappa shape index (κ2) is 28.2. The number of hydrogen-bond acceptors (Lipinski definition) is 13. The number of fused-ring (bicyclic) bond motifs is 1. The summed E-state index contributed by atoms with van der Waals surface area (Å²) in [5.74, 6) is -0.184. The second-order valence-corrected chi connectivity index (χ2v) is 26.2. The van der Waals surface area contributed by atoms with Crippen molar-refractivity contribution in [3.05, 3.63) is 196 Å². The summed E-state index contributed by atoms with van der Waals surface area (Å²) in [6.07, 6.45) is -10.5. The third-order valence-electron chi connectivity index (χ3n) is 15.4. The first kappa shape index (κ1) is 58.9. The lowest BCUT2D eigenvalue weighted by Gasteiger charge is -2.51. The smallest absolute Gasteiger partial charge is 0.306 e. The Morgan fingerprint density at radius 2 is 1.10 bits per heavy atom. The molecule has 0 amide bonds. The molecule has 0 spiro atoms. The molecule has 6 aromatic carbocycles. The molecule has 2 aliphatic heterocycles. The van der Waals surface area contributed by atoms with E-state index < -0.39 is 75.6 Å². The monoisotopic (exact) mass is 1090 g/mol. The fourth-order valence-electron chi connectivity index (χ4n) is 9.69. The standard InChI is InChI=1S/C63H75N3O12Si/c1-43(2)63(4,5)79(6,7)78-61-55(65-66-64)58(72-40-48-28-18-11-19-29-48)57(53(74-61)42-70-38-46-24-14-9-15-25-46)77-62-60(76-54(68)35-32-44(3)67)59(73-51-34-33-49-30-20-21-31-50(49)36-51)56(71-39-47-26-16-10-17-27-47)52(75-62)41-69-37-45-22-12-8-13-23-45/h8-31,33-34,36,43,52-53,55-62H,32,35,37-42H2,1-7H3/t52-,53-,55-,56+,57-,58-,59+,60-,61+,62+/m1/s1. The number of nitrogens with zero attached hydrogens (tertiary/aromatic N) is 3. The molecule has 2 fully saturated rings. The van der Waals surface area contributed by atoms with E-state index in [2.05, 4.69) is 50.8 Å². The van der Waals surface area contributed by atoms with Gasteiger partial charge in [0.2, 0.25) is 0 Å². The first-order valence-corrected chi connectivity index (χ1v) is 30.2. The van der Waals surface area contributed by atoms with Crippen molar-refractivity contribution >= 4 is 30.8 Å². The Morgan fingerprint density at radius 1 is 0.608 bits per heavy atom. The summed E-state index contributed by atoms with van der Waals surface area (Å²) in [4.78, 5) is 30.1. The van der Waals surface area contributed by atoms with Crippen LogP contribution in [0.4, 0.5) is 0 Å². The predicted molar refractivity (Wildman–Crippen MR) is 303 cm³/mol. The Morgan fingerprint density at radius 3 is 1.63 bits per heavy atom. The number of ketones is 1. The zero-order chi connectivity index (χ0) is 55.8. The Labute approximate surface area is 465 Å². The van der Waals surface area contributed by atoms with Crippen molar-refractivity contribution in [2.45, 2.75) is 153 Å². The Bertz CT molecular complexity index is 2890. The van der Waals surface area contributed by atoms with Gasteiger partial charge in [-0.3, -0.25) is 4.79 Å². The quantitative estimate of drug-likeness (QED) is 0.0157. The highest BCUT2D eigenvalue weighted by molar-refractivity contribution is 6.74. The van der Waals surface area contributed by atoms with Crippen molar-refractivity contribution in [3.63, 3.8) is 0 Å². The van der Waals surface area contributed by atoms with E-state index >= 15 is 0 Å². The van der Waals surface area contributed by atoms with Crippen LogP contribution in [0.1, 0.15) is 69.7 Å². The van der Waals surface area contributed by atoms with Gasteiger partial charge in [-0.25, -0.2) is 0 Å². The van der Waals surface area contributed by atoms with Crippen LogP contribution in [0.2, 0.25) is 18.1 Å². The van der Waals surface area contributed by atoms with Crippen molar-refractivity contribution in [2.24, 2.45) is 11.0 Å². The number of carbonyl (C=O) groups is 2.